The Labute approximate surface area is 123 Å². The number of amides is 1. The van der Waals surface area contributed by atoms with Crippen molar-refractivity contribution in [2.75, 3.05) is 11.9 Å². The van der Waals surface area contributed by atoms with E-state index < -0.39 is 0 Å². The first-order chi connectivity index (χ1) is 10.3. The molecule has 4 nitrogen and oxygen atoms in total. The SMILES string of the molecule is N#Cc1ccc(NC(=O)C2NCCc3ccccc32)cc1. The highest BCUT2D eigenvalue weighted by Gasteiger charge is 2.25. The number of rotatable bonds is 2. The molecule has 0 radical (unpaired) electrons. The lowest BCUT2D eigenvalue weighted by molar-refractivity contribution is -0.118. The fraction of sp³-hybridized carbons (Fsp3) is 0.176. The van der Waals surface area contributed by atoms with Crippen LogP contribution in [0.25, 0.3) is 0 Å². The molecule has 3 rings (SSSR count). The summed E-state index contributed by atoms with van der Waals surface area (Å²) >= 11 is 0. The standard InChI is InChI=1S/C17H15N3O/c18-11-12-5-7-14(8-6-12)20-17(21)16-15-4-2-1-3-13(15)9-10-19-16/h1-8,16,19H,9-10H2,(H,20,21). The molecule has 2 N–H and O–H groups in total. The third kappa shape index (κ3) is 2.78. The second-order valence-electron chi connectivity index (χ2n) is 5.01. The molecule has 21 heavy (non-hydrogen) atoms. The minimum atomic E-state index is -0.328. The molecular formula is C17H15N3O. The van der Waals surface area contributed by atoms with Crippen molar-refractivity contribution in [3.63, 3.8) is 0 Å². The van der Waals surface area contributed by atoms with Crippen LogP contribution in [0.15, 0.2) is 48.5 Å². The maximum atomic E-state index is 12.4. The van der Waals surface area contributed by atoms with Crippen molar-refractivity contribution < 1.29 is 4.79 Å². The molecule has 104 valence electrons. The Bertz CT molecular complexity index is 701. The maximum absolute atomic E-state index is 12.4. The summed E-state index contributed by atoms with van der Waals surface area (Å²) in [7, 11) is 0. The second-order valence-corrected chi connectivity index (χ2v) is 5.01. The molecule has 2 aromatic carbocycles. The van der Waals surface area contributed by atoms with E-state index in [2.05, 4.69) is 22.8 Å². The van der Waals surface area contributed by atoms with Crippen LogP contribution in [0, 0.1) is 11.3 Å². The first-order valence-corrected chi connectivity index (χ1v) is 6.90. The van der Waals surface area contributed by atoms with Crippen molar-refractivity contribution in [2.45, 2.75) is 12.5 Å². The summed E-state index contributed by atoms with van der Waals surface area (Å²) in [6, 6.07) is 16.6. The molecule has 1 aliphatic rings. The van der Waals surface area contributed by atoms with Crippen LogP contribution >= 0.6 is 0 Å². The molecule has 0 aliphatic carbocycles. The van der Waals surface area contributed by atoms with E-state index in [0.717, 1.165) is 18.5 Å². The van der Waals surface area contributed by atoms with E-state index in [1.165, 1.54) is 5.56 Å². The highest BCUT2D eigenvalue weighted by atomic mass is 16.2. The number of hydrogen-bond donors (Lipinski definition) is 2. The van der Waals surface area contributed by atoms with Crippen LogP contribution in [0.3, 0.4) is 0 Å². The first-order valence-electron chi connectivity index (χ1n) is 6.90. The van der Waals surface area contributed by atoms with Gasteiger partial charge in [-0.15, -0.1) is 0 Å². The van der Waals surface area contributed by atoms with Crippen LogP contribution in [0.5, 0.6) is 0 Å². The number of benzene rings is 2. The fourth-order valence-corrected chi connectivity index (χ4v) is 2.58. The highest BCUT2D eigenvalue weighted by Crippen LogP contribution is 2.24. The summed E-state index contributed by atoms with van der Waals surface area (Å²) in [5.41, 5.74) is 3.53. The van der Waals surface area contributed by atoms with Crippen LogP contribution in [-0.4, -0.2) is 12.5 Å². The Hall–Kier alpha value is -2.64. The largest absolute Gasteiger partial charge is 0.324 e. The molecule has 0 spiro atoms. The Morgan fingerprint density at radius 1 is 1.19 bits per heavy atom. The van der Waals surface area contributed by atoms with E-state index in [9.17, 15) is 4.79 Å². The summed E-state index contributed by atoms with van der Waals surface area (Å²) in [4.78, 5) is 12.4. The molecule has 1 unspecified atom stereocenters. The van der Waals surface area contributed by atoms with E-state index >= 15 is 0 Å². The fourth-order valence-electron chi connectivity index (χ4n) is 2.58. The van der Waals surface area contributed by atoms with Gasteiger partial charge in [-0.2, -0.15) is 5.26 Å². The highest BCUT2D eigenvalue weighted by molar-refractivity contribution is 5.96. The van der Waals surface area contributed by atoms with Gasteiger partial charge in [-0.1, -0.05) is 24.3 Å². The number of hydrogen-bond acceptors (Lipinski definition) is 3. The molecule has 2 aromatic rings. The lowest BCUT2D eigenvalue weighted by atomic mass is 9.94. The smallest absolute Gasteiger partial charge is 0.246 e. The van der Waals surface area contributed by atoms with Crippen molar-refractivity contribution in [1.82, 2.24) is 5.32 Å². The zero-order valence-corrected chi connectivity index (χ0v) is 11.5. The molecule has 1 heterocycles. The van der Waals surface area contributed by atoms with Gasteiger partial charge < -0.3 is 10.6 Å². The van der Waals surface area contributed by atoms with Crippen molar-refractivity contribution in [1.29, 1.82) is 5.26 Å². The number of carbonyl (C=O) groups is 1. The third-order valence-electron chi connectivity index (χ3n) is 3.65. The monoisotopic (exact) mass is 277 g/mol. The molecule has 1 aliphatic heterocycles. The molecule has 1 amide bonds. The van der Waals surface area contributed by atoms with Gasteiger partial charge in [0.25, 0.3) is 0 Å². The molecular weight excluding hydrogens is 262 g/mol. The van der Waals surface area contributed by atoms with Crippen LogP contribution in [-0.2, 0) is 11.2 Å². The lowest BCUT2D eigenvalue weighted by Gasteiger charge is -2.26. The Kier molecular flexibility index (Phi) is 3.67. The van der Waals surface area contributed by atoms with E-state index in [1.807, 2.05) is 18.2 Å². The molecule has 0 aromatic heterocycles. The van der Waals surface area contributed by atoms with Gasteiger partial charge in [-0.05, 0) is 41.8 Å². The summed E-state index contributed by atoms with van der Waals surface area (Å²) in [6.07, 6.45) is 0.941. The number of nitrogens with zero attached hydrogens (tertiary/aromatic N) is 1. The first kappa shape index (κ1) is 13.3. The number of fused-ring (bicyclic) bond motifs is 1. The minimum Gasteiger partial charge on any atom is -0.324 e. The Morgan fingerprint density at radius 2 is 1.95 bits per heavy atom. The predicted octanol–water partition coefficient (Wildman–Crippen LogP) is 2.38. The van der Waals surface area contributed by atoms with E-state index in [0.29, 0.717) is 11.3 Å². The van der Waals surface area contributed by atoms with Crippen molar-refractivity contribution in [3.05, 3.63) is 65.2 Å². The number of nitriles is 1. The van der Waals surface area contributed by atoms with Crippen LogP contribution in [0.1, 0.15) is 22.7 Å². The van der Waals surface area contributed by atoms with Crippen LogP contribution in [0.2, 0.25) is 0 Å². The van der Waals surface area contributed by atoms with Gasteiger partial charge in [-0.25, -0.2) is 0 Å². The second kappa shape index (κ2) is 5.78. The van der Waals surface area contributed by atoms with Crippen molar-refractivity contribution >= 4 is 11.6 Å². The van der Waals surface area contributed by atoms with Gasteiger partial charge >= 0.3 is 0 Å². The van der Waals surface area contributed by atoms with Gasteiger partial charge in [0.15, 0.2) is 0 Å². The summed E-state index contributed by atoms with van der Waals surface area (Å²) < 4.78 is 0. The molecule has 1 atom stereocenters. The van der Waals surface area contributed by atoms with Gasteiger partial charge in [0.2, 0.25) is 5.91 Å². The van der Waals surface area contributed by atoms with Gasteiger partial charge in [0.05, 0.1) is 11.6 Å². The zero-order valence-electron chi connectivity index (χ0n) is 11.5. The summed E-state index contributed by atoms with van der Waals surface area (Å²) in [6.45, 7) is 0.794. The number of carbonyl (C=O) groups excluding carboxylic acids is 1. The van der Waals surface area contributed by atoms with Gasteiger partial charge in [0, 0.05) is 12.2 Å². The molecule has 4 heteroatoms. The van der Waals surface area contributed by atoms with E-state index in [1.54, 1.807) is 24.3 Å². The molecule has 0 saturated heterocycles. The minimum absolute atomic E-state index is 0.0770. The van der Waals surface area contributed by atoms with Gasteiger partial charge in [-0.3, -0.25) is 4.79 Å². The third-order valence-corrected chi connectivity index (χ3v) is 3.65. The predicted molar refractivity (Wildman–Crippen MR) is 80.7 cm³/mol. The summed E-state index contributed by atoms with van der Waals surface area (Å²) in [5.74, 6) is -0.0770. The molecule has 0 bridgehead atoms. The molecule has 0 fully saturated rings. The van der Waals surface area contributed by atoms with Gasteiger partial charge in [0.1, 0.15) is 6.04 Å². The zero-order chi connectivity index (χ0) is 14.7. The topological polar surface area (TPSA) is 64.9 Å². The van der Waals surface area contributed by atoms with Crippen molar-refractivity contribution in [2.24, 2.45) is 0 Å². The maximum Gasteiger partial charge on any atom is 0.246 e. The normalized spacial score (nSPS) is 16.6. The molecule has 0 saturated carbocycles. The Morgan fingerprint density at radius 3 is 2.71 bits per heavy atom. The van der Waals surface area contributed by atoms with Crippen LogP contribution < -0.4 is 10.6 Å². The number of anilines is 1. The van der Waals surface area contributed by atoms with Crippen LogP contribution in [0.4, 0.5) is 5.69 Å². The van der Waals surface area contributed by atoms with Crippen molar-refractivity contribution in [3.8, 4) is 6.07 Å². The summed E-state index contributed by atoms with van der Waals surface area (Å²) in [5, 5.41) is 14.9. The lowest BCUT2D eigenvalue weighted by Crippen LogP contribution is -2.38. The number of nitrogens with one attached hydrogen (secondary N) is 2. The Balaban J connectivity index is 1.78. The average molecular weight is 277 g/mol. The average Bonchev–Trinajstić information content (AvgIpc) is 2.55. The van der Waals surface area contributed by atoms with E-state index in [-0.39, 0.29) is 11.9 Å². The van der Waals surface area contributed by atoms with E-state index in [4.69, 9.17) is 5.26 Å². The quantitative estimate of drug-likeness (QED) is 0.885.